The summed E-state index contributed by atoms with van der Waals surface area (Å²) in [6.45, 7) is 11.8. The predicted octanol–water partition coefficient (Wildman–Crippen LogP) is 3.72. The van der Waals surface area contributed by atoms with E-state index in [-0.39, 0.29) is 0 Å². The van der Waals surface area contributed by atoms with E-state index in [4.69, 9.17) is 4.74 Å². The summed E-state index contributed by atoms with van der Waals surface area (Å²) >= 11 is 0. The molecule has 0 radical (unpaired) electrons. The van der Waals surface area contributed by atoms with Crippen molar-refractivity contribution in [3.05, 3.63) is 29.5 Å². The first-order valence-corrected chi connectivity index (χ1v) is 7.44. The Morgan fingerprint density at radius 3 is 2.65 bits per heavy atom. The maximum absolute atomic E-state index is 5.38. The average molecular weight is 274 g/mol. The second-order valence-electron chi connectivity index (χ2n) is 5.73. The lowest BCUT2D eigenvalue weighted by Crippen LogP contribution is -2.13. The lowest BCUT2D eigenvalue weighted by atomic mass is 10.1. The SMILES string of the molecule is CCNCc1c(C)n(CC(C)C)c2ccc(OC)cc12. The van der Waals surface area contributed by atoms with E-state index in [9.17, 15) is 0 Å². The van der Waals surface area contributed by atoms with Crippen molar-refractivity contribution in [2.45, 2.75) is 40.8 Å². The second kappa shape index (κ2) is 6.31. The van der Waals surface area contributed by atoms with E-state index in [1.54, 1.807) is 7.11 Å². The van der Waals surface area contributed by atoms with E-state index in [1.807, 2.05) is 0 Å². The van der Waals surface area contributed by atoms with Crippen LogP contribution in [0.5, 0.6) is 5.75 Å². The van der Waals surface area contributed by atoms with Crippen LogP contribution in [-0.4, -0.2) is 18.2 Å². The summed E-state index contributed by atoms with van der Waals surface area (Å²) < 4.78 is 7.82. The van der Waals surface area contributed by atoms with Gasteiger partial charge in [-0.15, -0.1) is 0 Å². The highest BCUT2D eigenvalue weighted by Crippen LogP contribution is 2.30. The van der Waals surface area contributed by atoms with Gasteiger partial charge in [-0.05, 0) is 43.1 Å². The third-order valence-corrected chi connectivity index (χ3v) is 3.76. The van der Waals surface area contributed by atoms with Crippen LogP contribution in [0.15, 0.2) is 18.2 Å². The molecule has 3 heteroatoms. The fraction of sp³-hybridized carbons (Fsp3) is 0.529. The van der Waals surface area contributed by atoms with Crippen molar-refractivity contribution >= 4 is 10.9 Å². The highest BCUT2D eigenvalue weighted by atomic mass is 16.5. The fourth-order valence-electron chi connectivity index (χ4n) is 2.73. The van der Waals surface area contributed by atoms with Crippen LogP contribution in [0.2, 0.25) is 0 Å². The lowest BCUT2D eigenvalue weighted by Gasteiger charge is -2.11. The summed E-state index contributed by atoms with van der Waals surface area (Å²) in [5.41, 5.74) is 4.06. The number of methoxy groups -OCH3 is 1. The fourth-order valence-corrected chi connectivity index (χ4v) is 2.73. The highest BCUT2D eigenvalue weighted by Gasteiger charge is 2.15. The van der Waals surface area contributed by atoms with Crippen molar-refractivity contribution in [2.75, 3.05) is 13.7 Å². The summed E-state index contributed by atoms with van der Waals surface area (Å²) in [7, 11) is 1.73. The highest BCUT2D eigenvalue weighted by molar-refractivity contribution is 5.87. The van der Waals surface area contributed by atoms with Crippen molar-refractivity contribution in [2.24, 2.45) is 5.92 Å². The molecule has 2 aromatic rings. The lowest BCUT2D eigenvalue weighted by molar-refractivity contribution is 0.415. The van der Waals surface area contributed by atoms with E-state index in [0.717, 1.165) is 25.4 Å². The molecule has 1 N–H and O–H groups in total. The summed E-state index contributed by atoms with van der Waals surface area (Å²) in [6.07, 6.45) is 0. The van der Waals surface area contributed by atoms with Gasteiger partial charge in [-0.3, -0.25) is 0 Å². The zero-order valence-electron chi connectivity index (χ0n) is 13.3. The molecule has 110 valence electrons. The monoisotopic (exact) mass is 274 g/mol. The van der Waals surface area contributed by atoms with Crippen LogP contribution in [0.1, 0.15) is 32.0 Å². The quantitative estimate of drug-likeness (QED) is 0.869. The molecule has 2 rings (SSSR count). The molecule has 0 aliphatic carbocycles. The first kappa shape index (κ1) is 14.9. The predicted molar refractivity (Wildman–Crippen MR) is 85.4 cm³/mol. The van der Waals surface area contributed by atoms with Gasteiger partial charge in [0.25, 0.3) is 0 Å². The largest absolute Gasteiger partial charge is 0.497 e. The Morgan fingerprint density at radius 2 is 2.05 bits per heavy atom. The zero-order chi connectivity index (χ0) is 14.7. The topological polar surface area (TPSA) is 26.2 Å². The van der Waals surface area contributed by atoms with E-state index in [2.05, 4.69) is 55.8 Å². The molecule has 20 heavy (non-hydrogen) atoms. The normalized spacial score (nSPS) is 11.5. The number of aromatic nitrogens is 1. The average Bonchev–Trinajstić information content (AvgIpc) is 2.68. The minimum absolute atomic E-state index is 0.637. The smallest absolute Gasteiger partial charge is 0.119 e. The number of nitrogens with one attached hydrogen (secondary N) is 1. The van der Waals surface area contributed by atoms with Gasteiger partial charge in [0.1, 0.15) is 5.75 Å². The van der Waals surface area contributed by atoms with Gasteiger partial charge in [-0.1, -0.05) is 20.8 Å². The molecular weight excluding hydrogens is 248 g/mol. The van der Waals surface area contributed by atoms with Gasteiger partial charge >= 0.3 is 0 Å². The molecule has 1 heterocycles. The standard InChI is InChI=1S/C17H26N2O/c1-6-18-10-16-13(4)19(11-12(2)3)17-8-7-14(20-5)9-15(16)17/h7-9,12,18H,6,10-11H2,1-5H3. The Morgan fingerprint density at radius 1 is 1.30 bits per heavy atom. The number of benzene rings is 1. The molecular formula is C17H26N2O. The van der Waals surface area contributed by atoms with Gasteiger partial charge in [-0.25, -0.2) is 0 Å². The molecule has 1 aromatic heterocycles. The Hall–Kier alpha value is -1.48. The number of fused-ring (bicyclic) bond motifs is 1. The summed E-state index contributed by atoms with van der Waals surface area (Å²) in [4.78, 5) is 0. The van der Waals surface area contributed by atoms with Gasteiger partial charge in [0.15, 0.2) is 0 Å². The molecule has 0 fully saturated rings. The third kappa shape index (κ3) is 2.83. The minimum atomic E-state index is 0.637. The molecule has 0 aliphatic heterocycles. The molecule has 0 aliphatic rings. The van der Waals surface area contributed by atoms with Gasteiger partial charge in [0.2, 0.25) is 0 Å². The minimum Gasteiger partial charge on any atom is -0.497 e. The van der Waals surface area contributed by atoms with Crippen LogP contribution in [-0.2, 0) is 13.1 Å². The van der Waals surface area contributed by atoms with E-state index < -0.39 is 0 Å². The number of hydrogen-bond donors (Lipinski definition) is 1. The molecule has 1 aromatic carbocycles. The molecule has 3 nitrogen and oxygen atoms in total. The van der Waals surface area contributed by atoms with Gasteiger partial charge in [0, 0.05) is 29.7 Å². The summed E-state index contributed by atoms with van der Waals surface area (Å²) in [5, 5.41) is 4.76. The van der Waals surface area contributed by atoms with Gasteiger partial charge in [0.05, 0.1) is 7.11 Å². The molecule has 0 saturated heterocycles. The van der Waals surface area contributed by atoms with Crippen molar-refractivity contribution in [1.29, 1.82) is 0 Å². The van der Waals surface area contributed by atoms with Gasteiger partial charge < -0.3 is 14.6 Å². The third-order valence-electron chi connectivity index (χ3n) is 3.76. The molecule has 0 amide bonds. The Labute approximate surface area is 121 Å². The van der Waals surface area contributed by atoms with Crippen LogP contribution in [0.4, 0.5) is 0 Å². The van der Waals surface area contributed by atoms with Crippen LogP contribution in [0.25, 0.3) is 10.9 Å². The maximum atomic E-state index is 5.38. The first-order chi connectivity index (χ1) is 9.58. The number of ether oxygens (including phenoxy) is 1. The first-order valence-electron chi connectivity index (χ1n) is 7.44. The molecule has 0 unspecified atom stereocenters. The van der Waals surface area contributed by atoms with Crippen molar-refractivity contribution in [3.63, 3.8) is 0 Å². The molecule has 0 atom stereocenters. The number of hydrogen-bond acceptors (Lipinski definition) is 2. The number of nitrogens with zero attached hydrogens (tertiary/aromatic N) is 1. The van der Waals surface area contributed by atoms with Crippen LogP contribution < -0.4 is 10.1 Å². The summed E-state index contributed by atoms with van der Waals surface area (Å²) in [5.74, 6) is 1.57. The van der Waals surface area contributed by atoms with Crippen molar-refractivity contribution in [1.82, 2.24) is 9.88 Å². The Kier molecular flexibility index (Phi) is 4.71. The molecule has 0 spiro atoms. The Balaban J connectivity index is 2.58. The van der Waals surface area contributed by atoms with Gasteiger partial charge in [-0.2, -0.15) is 0 Å². The van der Waals surface area contributed by atoms with E-state index in [1.165, 1.54) is 22.2 Å². The maximum Gasteiger partial charge on any atom is 0.119 e. The van der Waals surface area contributed by atoms with E-state index >= 15 is 0 Å². The number of rotatable bonds is 6. The summed E-state index contributed by atoms with van der Waals surface area (Å²) in [6, 6.07) is 6.39. The van der Waals surface area contributed by atoms with E-state index in [0.29, 0.717) is 5.92 Å². The van der Waals surface area contributed by atoms with Crippen LogP contribution in [0, 0.1) is 12.8 Å². The second-order valence-corrected chi connectivity index (χ2v) is 5.73. The molecule has 0 bridgehead atoms. The zero-order valence-corrected chi connectivity index (χ0v) is 13.3. The van der Waals surface area contributed by atoms with Crippen molar-refractivity contribution in [3.8, 4) is 5.75 Å². The van der Waals surface area contributed by atoms with Crippen LogP contribution >= 0.6 is 0 Å². The molecule has 0 saturated carbocycles. The van der Waals surface area contributed by atoms with Crippen molar-refractivity contribution < 1.29 is 4.74 Å². The Bertz CT molecular complexity index is 584. The van der Waals surface area contributed by atoms with Crippen LogP contribution in [0.3, 0.4) is 0 Å².